The standard InChI is InChI=1S/C17H27FO/c1-2-3-4-5-6-7-8-9-16(14-19)15-10-12-17(18)13-11-15/h10-13,16,19H,2-9,14H2,1H3. The lowest BCUT2D eigenvalue weighted by molar-refractivity contribution is 0.256. The minimum absolute atomic E-state index is 0.154. The SMILES string of the molecule is CCCCCCCCCC(CO)c1ccc(F)cc1. The first-order valence-corrected chi connectivity index (χ1v) is 7.64. The maximum absolute atomic E-state index is 12.8. The smallest absolute Gasteiger partial charge is 0.123 e. The van der Waals surface area contributed by atoms with E-state index < -0.39 is 0 Å². The highest BCUT2D eigenvalue weighted by molar-refractivity contribution is 5.20. The summed E-state index contributed by atoms with van der Waals surface area (Å²) in [7, 11) is 0. The van der Waals surface area contributed by atoms with Gasteiger partial charge in [-0.05, 0) is 24.1 Å². The minimum atomic E-state index is -0.212. The summed E-state index contributed by atoms with van der Waals surface area (Å²) in [4.78, 5) is 0. The lowest BCUT2D eigenvalue weighted by Gasteiger charge is -2.14. The Balaban J connectivity index is 2.20. The van der Waals surface area contributed by atoms with Gasteiger partial charge in [0.25, 0.3) is 0 Å². The number of rotatable bonds is 10. The molecule has 1 atom stereocenters. The van der Waals surface area contributed by atoms with Gasteiger partial charge in [-0.3, -0.25) is 0 Å². The number of halogens is 1. The third-order valence-corrected chi connectivity index (χ3v) is 3.72. The van der Waals surface area contributed by atoms with Gasteiger partial charge in [0.2, 0.25) is 0 Å². The molecule has 19 heavy (non-hydrogen) atoms. The second-order valence-corrected chi connectivity index (χ2v) is 5.34. The summed E-state index contributed by atoms with van der Waals surface area (Å²) in [5.41, 5.74) is 1.05. The highest BCUT2D eigenvalue weighted by Gasteiger charge is 2.09. The van der Waals surface area contributed by atoms with E-state index in [0.29, 0.717) is 0 Å². The Labute approximate surface area is 116 Å². The van der Waals surface area contributed by atoms with Crippen LogP contribution in [0, 0.1) is 5.82 Å². The van der Waals surface area contributed by atoms with E-state index in [1.165, 1.54) is 50.7 Å². The molecule has 1 unspecified atom stereocenters. The average Bonchev–Trinajstić information content (AvgIpc) is 2.43. The second kappa shape index (κ2) is 9.96. The van der Waals surface area contributed by atoms with E-state index in [1.54, 1.807) is 12.1 Å². The van der Waals surface area contributed by atoms with E-state index >= 15 is 0 Å². The summed E-state index contributed by atoms with van der Waals surface area (Å²) in [5.74, 6) is -0.0485. The maximum Gasteiger partial charge on any atom is 0.123 e. The molecule has 0 saturated carbocycles. The van der Waals surface area contributed by atoms with E-state index in [2.05, 4.69) is 6.92 Å². The Hall–Kier alpha value is -0.890. The van der Waals surface area contributed by atoms with Gasteiger partial charge in [-0.2, -0.15) is 0 Å². The van der Waals surface area contributed by atoms with E-state index in [4.69, 9.17) is 0 Å². The molecule has 0 radical (unpaired) electrons. The summed E-state index contributed by atoms with van der Waals surface area (Å²) in [5, 5.41) is 9.43. The highest BCUT2D eigenvalue weighted by atomic mass is 19.1. The summed E-state index contributed by atoms with van der Waals surface area (Å²) in [6.07, 6.45) is 9.98. The topological polar surface area (TPSA) is 20.2 Å². The predicted octanol–water partition coefficient (Wildman–Crippen LogP) is 5.04. The predicted molar refractivity (Wildman–Crippen MR) is 78.8 cm³/mol. The van der Waals surface area contributed by atoms with Gasteiger partial charge in [-0.1, -0.05) is 64.0 Å². The van der Waals surface area contributed by atoms with Gasteiger partial charge in [0.05, 0.1) is 0 Å². The van der Waals surface area contributed by atoms with Gasteiger partial charge < -0.3 is 5.11 Å². The minimum Gasteiger partial charge on any atom is -0.396 e. The largest absolute Gasteiger partial charge is 0.396 e. The molecule has 0 aliphatic carbocycles. The van der Waals surface area contributed by atoms with Crippen molar-refractivity contribution in [2.24, 2.45) is 0 Å². The second-order valence-electron chi connectivity index (χ2n) is 5.34. The van der Waals surface area contributed by atoms with Crippen LogP contribution < -0.4 is 0 Å². The molecule has 0 bridgehead atoms. The molecule has 0 fully saturated rings. The number of aliphatic hydroxyl groups is 1. The molecule has 0 aromatic heterocycles. The van der Waals surface area contributed by atoms with Crippen molar-refractivity contribution in [1.29, 1.82) is 0 Å². The van der Waals surface area contributed by atoms with E-state index in [9.17, 15) is 9.50 Å². The van der Waals surface area contributed by atoms with Crippen molar-refractivity contribution in [2.45, 2.75) is 64.2 Å². The van der Waals surface area contributed by atoms with Crippen LogP contribution in [0.2, 0.25) is 0 Å². The molecule has 1 N–H and O–H groups in total. The molecule has 1 aromatic carbocycles. The molecule has 0 saturated heterocycles. The van der Waals surface area contributed by atoms with Crippen molar-refractivity contribution in [3.63, 3.8) is 0 Å². The lowest BCUT2D eigenvalue weighted by Crippen LogP contribution is -2.04. The number of benzene rings is 1. The normalized spacial score (nSPS) is 12.6. The monoisotopic (exact) mass is 266 g/mol. The first-order chi connectivity index (χ1) is 9.27. The molecule has 0 aliphatic heterocycles. The van der Waals surface area contributed by atoms with Crippen molar-refractivity contribution in [1.82, 2.24) is 0 Å². The molecule has 0 heterocycles. The zero-order valence-corrected chi connectivity index (χ0v) is 12.1. The number of hydrogen-bond donors (Lipinski definition) is 1. The fourth-order valence-electron chi connectivity index (χ4n) is 2.45. The summed E-state index contributed by atoms with van der Waals surface area (Å²) in [6.45, 7) is 2.38. The summed E-state index contributed by atoms with van der Waals surface area (Å²) in [6, 6.07) is 6.53. The molecule has 108 valence electrons. The Morgan fingerprint density at radius 1 is 0.947 bits per heavy atom. The zero-order chi connectivity index (χ0) is 13.9. The van der Waals surface area contributed by atoms with Crippen LogP contribution in [0.25, 0.3) is 0 Å². The van der Waals surface area contributed by atoms with Gasteiger partial charge in [-0.15, -0.1) is 0 Å². The van der Waals surface area contributed by atoms with Crippen molar-refractivity contribution in [3.05, 3.63) is 35.6 Å². The molecule has 1 rings (SSSR count). The molecule has 0 amide bonds. The van der Waals surface area contributed by atoms with Crippen LogP contribution in [-0.4, -0.2) is 11.7 Å². The van der Waals surface area contributed by atoms with Gasteiger partial charge in [0.15, 0.2) is 0 Å². The molecule has 0 spiro atoms. The average molecular weight is 266 g/mol. The van der Waals surface area contributed by atoms with E-state index in [0.717, 1.165) is 18.4 Å². The summed E-state index contributed by atoms with van der Waals surface area (Å²) < 4.78 is 12.8. The van der Waals surface area contributed by atoms with Crippen molar-refractivity contribution >= 4 is 0 Å². The first kappa shape index (κ1) is 16.2. The van der Waals surface area contributed by atoms with Gasteiger partial charge in [-0.25, -0.2) is 4.39 Å². The Morgan fingerprint density at radius 2 is 1.53 bits per heavy atom. The number of aliphatic hydroxyl groups excluding tert-OH is 1. The van der Waals surface area contributed by atoms with E-state index in [1.807, 2.05) is 0 Å². The van der Waals surface area contributed by atoms with Crippen molar-refractivity contribution < 1.29 is 9.50 Å². The maximum atomic E-state index is 12.8. The van der Waals surface area contributed by atoms with Crippen LogP contribution in [0.3, 0.4) is 0 Å². The van der Waals surface area contributed by atoms with Crippen LogP contribution >= 0.6 is 0 Å². The molecule has 1 aromatic rings. The van der Waals surface area contributed by atoms with Crippen LogP contribution in [0.5, 0.6) is 0 Å². The third-order valence-electron chi connectivity index (χ3n) is 3.72. The molecular formula is C17H27FO. The van der Waals surface area contributed by atoms with Gasteiger partial charge in [0, 0.05) is 12.5 Å². The molecular weight excluding hydrogens is 239 g/mol. The fraction of sp³-hybridized carbons (Fsp3) is 0.647. The Kier molecular flexibility index (Phi) is 8.48. The van der Waals surface area contributed by atoms with Crippen LogP contribution in [-0.2, 0) is 0 Å². The first-order valence-electron chi connectivity index (χ1n) is 7.64. The van der Waals surface area contributed by atoms with Crippen molar-refractivity contribution in [2.75, 3.05) is 6.61 Å². The zero-order valence-electron chi connectivity index (χ0n) is 12.1. The molecule has 2 heteroatoms. The van der Waals surface area contributed by atoms with Gasteiger partial charge in [0.1, 0.15) is 5.82 Å². The lowest BCUT2D eigenvalue weighted by atomic mass is 9.93. The van der Waals surface area contributed by atoms with Gasteiger partial charge >= 0.3 is 0 Å². The van der Waals surface area contributed by atoms with Crippen LogP contribution in [0.15, 0.2) is 24.3 Å². The van der Waals surface area contributed by atoms with Crippen LogP contribution in [0.4, 0.5) is 4.39 Å². The van der Waals surface area contributed by atoms with E-state index in [-0.39, 0.29) is 18.3 Å². The molecule has 0 aliphatic rings. The highest BCUT2D eigenvalue weighted by Crippen LogP contribution is 2.22. The van der Waals surface area contributed by atoms with Crippen molar-refractivity contribution in [3.8, 4) is 0 Å². The third kappa shape index (κ3) is 6.72. The quantitative estimate of drug-likeness (QED) is 0.588. The number of hydrogen-bond acceptors (Lipinski definition) is 1. The fourth-order valence-corrected chi connectivity index (χ4v) is 2.45. The Morgan fingerprint density at radius 3 is 2.11 bits per heavy atom. The van der Waals surface area contributed by atoms with Crippen LogP contribution in [0.1, 0.15) is 69.8 Å². The summed E-state index contributed by atoms with van der Waals surface area (Å²) >= 11 is 0. The Bertz CT molecular complexity index is 321. The molecule has 1 nitrogen and oxygen atoms in total. The number of unbranched alkanes of at least 4 members (excludes halogenated alkanes) is 6.